The Balaban J connectivity index is 1.29. The zero-order valence-corrected chi connectivity index (χ0v) is 17.6. The Morgan fingerprint density at radius 1 is 1.13 bits per heavy atom. The number of fused-ring (bicyclic) bond motifs is 2. The fraction of sp³-hybridized carbons (Fsp3) is 0.417. The minimum absolute atomic E-state index is 0.528. The van der Waals surface area contributed by atoms with Crippen LogP contribution in [0, 0.1) is 0 Å². The molecule has 0 bridgehead atoms. The molecular formula is C24H30N6. The highest BCUT2D eigenvalue weighted by Crippen LogP contribution is 2.30. The average molecular weight is 403 g/mol. The van der Waals surface area contributed by atoms with Crippen LogP contribution in [0.1, 0.15) is 37.2 Å². The number of rotatable bonds is 7. The van der Waals surface area contributed by atoms with Crippen LogP contribution < -0.4 is 5.32 Å². The Morgan fingerprint density at radius 2 is 2.00 bits per heavy atom. The number of nitrogens with one attached hydrogen (secondary N) is 2. The van der Waals surface area contributed by atoms with E-state index in [9.17, 15) is 0 Å². The van der Waals surface area contributed by atoms with Crippen LogP contribution in [0.15, 0.2) is 48.7 Å². The molecule has 1 aliphatic rings. The number of imidazole rings is 1. The van der Waals surface area contributed by atoms with Crippen LogP contribution in [0.4, 0.5) is 0 Å². The van der Waals surface area contributed by atoms with E-state index in [0.29, 0.717) is 6.04 Å². The molecule has 6 heteroatoms. The maximum Gasteiger partial charge on any atom is 0.111 e. The van der Waals surface area contributed by atoms with Crippen molar-refractivity contribution in [1.82, 2.24) is 30.0 Å². The molecule has 3 heterocycles. The van der Waals surface area contributed by atoms with Crippen molar-refractivity contribution in [2.24, 2.45) is 0 Å². The minimum atomic E-state index is 0.528. The van der Waals surface area contributed by atoms with Gasteiger partial charge in [-0.15, -0.1) is 0 Å². The molecule has 1 saturated heterocycles. The first-order valence-electron chi connectivity index (χ1n) is 11.1. The van der Waals surface area contributed by atoms with E-state index < -0.39 is 0 Å². The first-order valence-corrected chi connectivity index (χ1v) is 11.1. The van der Waals surface area contributed by atoms with E-state index in [1.165, 1.54) is 35.1 Å². The third-order valence-electron chi connectivity index (χ3n) is 6.28. The number of likely N-dealkylation sites (N-methyl/N-ethyl adjacent to an activating group) is 1. The quantitative estimate of drug-likeness (QED) is 0.460. The van der Waals surface area contributed by atoms with Crippen molar-refractivity contribution in [2.75, 3.05) is 26.2 Å². The van der Waals surface area contributed by atoms with E-state index >= 15 is 0 Å². The van der Waals surface area contributed by atoms with Crippen LogP contribution in [-0.2, 0) is 13.0 Å². The number of nitrogens with zero attached hydrogens (tertiary/aromatic N) is 4. The Labute approximate surface area is 177 Å². The molecule has 0 amide bonds. The van der Waals surface area contributed by atoms with Gasteiger partial charge in [-0.2, -0.15) is 5.10 Å². The number of aromatic amines is 1. The minimum Gasteiger partial charge on any atom is -0.325 e. The Kier molecular flexibility index (Phi) is 5.51. The average Bonchev–Trinajstić information content (AvgIpc) is 3.38. The van der Waals surface area contributed by atoms with Crippen molar-refractivity contribution in [2.45, 2.75) is 38.8 Å². The topological polar surface area (TPSA) is 61.8 Å². The highest BCUT2D eigenvalue weighted by atomic mass is 15.2. The van der Waals surface area contributed by atoms with Gasteiger partial charge >= 0.3 is 0 Å². The summed E-state index contributed by atoms with van der Waals surface area (Å²) < 4.78 is 2.53. The predicted octanol–water partition coefficient (Wildman–Crippen LogP) is 3.90. The molecule has 0 saturated carbocycles. The summed E-state index contributed by atoms with van der Waals surface area (Å²) in [5.74, 6) is 1.22. The number of likely N-dealkylation sites (tertiary alicyclic amines) is 1. The van der Waals surface area contributed by atoms with Gasteiger partial charge in [-0.05, 0) is 43.1 Å². The molecule has 0 aliphatic carbocycles. The second-order valence-electron chi connectivity index (χ2n) is 8.29. The van der Waals surface area contributed by atoms with Gasteiger partial charge in [0.05, 0.1) is 22.7 Å². The normalized spacial score (nSPS) is 16.0. The van der Waals surface area contributed by atoms with Gasteiger partial charge in [0.15, 0.2) is 0 Å². The lowest BCUT2D eigenvalue weighted by atomic mass is 10.0. The number of hydrogen-bond acceptors (Lipinski definition) is 4. The number of hydrogen-bond donors (Lipinski definition) is 2. The molecule has 0 spiro atoms. The van der Waals surface area contributed by atoms with E-state index in [4.69, 9.17) is 4.98 Å². The Morgan fingerprint density at radius 3 is 2.87 bits per heavy atom. The molecular weight excluding hydrogens is 372 g/mol. The second kappa shape index (κ2) is 8.58. The summed E-state index contributed by atoms with van der Waals surface area (Å²) in [5, 5.41) is 11.8. The zero-order chi connectivity index (χ0) is 20.3. The van der Waals surface area contributed by atoms with Crippen molar-refractivity contribution in [3.05, 3.63) is 60.0 Å². The lowest BCUT2D eigenvalue weighted by Crippen LogP contribution is -2.34. The zero-order valence-electron chi connectivity index (χ0n) is 17.6. The summed E-state index contributed by atoms with van der Waals surface area (Å²) in [6.45, 7) is 7.37. The van der Waals surface area contributed by atoms with E-state index in [0.717, 1.165) is 50.2 Å². The van der Waals surface area contributed by atoms with Gasteiger partial charge in [0.2, 0.25) is 0 Å². The highest BCUT2D eigenvalue weighted by Gasteiger charge is 2.24. The molecule has 0 radical (unpaired) electrons. The fourth-order valence-corrected chi connectivity index (χ4v) is 4.73. The number of piperidine rings is 1. The van der Waals surface area contributed by atoms with Gasteiger partial charge in [0.25, 0.3) is 0 Å². The van der Waals surface area contributed by atoms with Gasteiger partial charge in [0, 0.05) is 44.0 Å². The molecule has 30 heavy (non-hydrogen) atoms. The molecule has 1 fully saturated rings. The Bertz CT molecular complexity index is 1120. The standard InChI is InChI=1S/C24H30N6/c1-2-25-12-9-24-27-21-5-3-4-6-23(21)30(24)20-10-13-29(14-11-20)17-18-7-8-19-16-26-28-22(19)15-18/h3-8,15-16,20,25H,2,9-14,17H2,1H3,(H,26,28). The third kappa shape index (κ3) is 3.85. The molecule has 6 nitrogen and oxygen atoms in total. The number of para-hydroxylation sites is 2. The second-order valence-corrected chi connectivity index (χ2v) is 8.29. The van der Waals surface area contributed by atoms with Crippen molar-refractivity contribution >= 4 is 21.9 Å². The maximum atomic E-state index is 4.97. The summed E-state index contributed by atoms with van der Waals surface area (Å²) in [7, 11) is 0. The van der Waals surface area contributed by atoms with Gasteiger partial charge in [-0.3, -0.25) is 10.00 Å². The van der Waals surface area contributed by atoms with Crippen molar-refractivity contribution in [1.29, 1.82) is 0 Å². The van der Waals surface area contributed by atoms with E-state index in [-0.39, 0.29) is 0 Å². The van der Waals surface area contributed by atoms with E-state index in [1.807, 2.05) is 6.20 Å². The number of H-pyrrole nitrogens is 1. The van der Waals surface area contributed by atoms with Crippen LogP contribution in [0.25, 0.3) is 21.9 Å². The summed E-state index contributed by atoms with van der Waals surface area (Å²) in [6.07, 6.45) is 5.20. The summed E-state index contributed by atoms with van der Waals surface area (Å²) >= 11 is 0. The smallest absolute Gasteiger partial charge is 0.111 e. The van der Waals surface area contributed by atoms with Crippen LogP contribution in [0.3, 0.4) is 0 Å². The van der Waals surface area contributed by atoms with Gasteiger partial charge in [-0.1, -0.05) is 31.2 Å². The molecule has 2 aromatic heterocycles. The fourth-order valence-electron chi connectivity index (χ4n) is 4.73. The number of benzene rings is 2. The molecule has 2 N–H and O–H groups in total. The number of aromatic nitrogens is 4. The van der Waals surface area contributed by atoms with Crippen molar-refractivity contribution in [3.63, 3.8) is 0 Å². The van der Waals surface area contributed by atoms with Crippen LogP contribution in [-0.4, -0.2) is 50.8 Å². The first kappa shape index (κ1) is 19.3. The molecule has 2 aromatic carbocycles. The molecule has 1 aliphatic heterocycles. The highest BCUT2D eigenvalue weighted by molar-refractivity contribution is 5.78. The lowest BCUT2D eigenvalue weighted by Gasteiger charge is -2.33. The molecule has 0 unspecified atom stereocenters. The van der Waals surface area contributed by atoms with Gasteiger partial charge < -0.3 is 9.88 Å². The van der Waals surface area contributed by atoms with Crippen LogP contribution in [0.2, 0.25) is 0 Å². The molecule has 0 atom stereocenters. The maximum absolute atomic E-state index is 4.97. The molecule has 4 aromatic rings. The van der Waals surface area contributed by atoms with Crippen LogP contribution >= 0.6 is 0 Å². The summed E-state index contributed by atoms with van der Waals surface area (Å²) in [5.41, 5.74) is 4.88. The van der Waals surface area contributed by atoms with Crippen LogP contribution in [0.5, 0.6) is 0 Å². The van der Waals surface area contributed by atoms with Gasteiger partial charge in [0.1, 0.15) is 5.82 Å². The third-order valence-corrected chi connectivity index (χ3v) is 6.28. The van der Waals surface area contributed by atoms with Crippen molar-refractivity contribution < 1.29 is 0 Å². The largest absolute Gasteiger partial charge is 0.325 e. The SMILES string of the molecule is CCNCCc1nc2ccccc2n1C1CCN(Cc2ccc3cn[nH]c3c2)CC1. The Hall–Kier alpha value is -2.70. The first-order chi connectivity index (χ1) is 14.8. The predicted molar refractivity (Wildman–Crippen MR) is 122 cm³/mol. The summed E-state index contributed by atoms with van der Waals surface area (Å²) in [6, 6.07) is 15.7. The molecule has 156 valence electrons. The monoisotopic (exact) mass is 402 g/mol. The summed E-state index contributed by atoms with van der Waals surface area (Å²) in [4.78, 5) is 7.55. The van der Waals surface area contributed by atoms with Gasteiger partial charge in [-0.25, -0.2) is 4.98 Å². The van der Waals surface area contributed by atoms with Crippen molar-refractivity contribution in [3.8, 4) is 0 Å². The van der Waals surface area contributed by atoms with E-state index in [2.05, 4.69) is 74.4 Å². The van der Waals surface area contributed by atoms with E-state index in [1.54, 1.807) is 0 Å². The lowest BCUT2D eigenvalue weighted by molar-refractivity contribution is 0.180. The molecule has 5 rings (SSSR count).